The lowest BCUT2D eigenvalue weighted by molar-refractivity contribution is 0.660. The molecule has 232 valence electrons. The van der Waals surface area contributed by atoms with E-state index in [2.05, 4.69) is 183 Å². The number of hydrogen-bond acceptors (Lipinski definition) is 2. The van der Waals surface area contributed by atoms with Crippen molar-refractivity contribution in [3.63, 3.8) is 0 Å². The number of thiophene rings is 1. The van der Waals surface area contributed by atoms with Crippen molar-refractivity contribution < 1.29 is 0 Å². The van der Waals surface area contributed by atoms with Crippen molar-refractivity contribution in [2.45, 2.75) is 19.3 Å². The van der Waals surface area contributed by atoms with E-state index >= 15 is 0 Å². The number of anilines is 3. The summed E-state index contributed by atoms with van der Waals surface area (Å²) in [5.74, 6) is 0. The molecule has 1 nitrogen and oxygen atoms in total. The summed E-state index contributed by atoms with van der Waals surface area (Å²) >= 11 is 1.89. The molecule has 1 aromatic heterocycles. The maximum Gasteiger partial charge on any atom is 0.0468 e. The van der Waals surface area contributed by atoms with Gasteiger partial charge in [0, 0.05) is 48.0 Å². The Morgan fingerprint density at radius 1 is 0.429 bits per heavy atom. The van der Waals surface area contributed by atoms with E-state index in [0.29, 0.717) is 0 Å². The smallest absolute Gasteiger partial charge is 0.0468 e. The van der Waals surface area contributed by atoms with Gasteiger partial charge in [0.2, 0.25) is 0 Å². The number of fused-ring (bicyclic) bond motifs is 9. The fourth-order valence-corrected chi connectivity index (χ4v) is 9.31. The first-order valence-electron chi connectivity index (χ1n) is 17.0. The summed E-state index contributed by atoms with van der Waals surface area (Å²) in [6.45, 7) is 4.72. The van der Waals surface area contributed by atoms with Crippen molar-refractivity contribution >= 4 is 70.1 Å². The summed E-state index contributed by atoms with van der Waals surface area (Å²) in [6.07, 6.45) is 0. The van der Waals surface area contributed by atoms with Crippen LogP contribution in [0.4, 0.5) is 17.1 Å². The van der Waals surface area contributed by atoms with E-state index in [-0.39, 0.29) is 5.41 Å². The summed E-state index contributed by atoms with van der Waals surface area (Å²) in [7, 11) is 0. The maximum absolute atomic E-state index is 2.44. The summed E-state index contributed by atoms with van der Waals surface area (Å²) in [5, 5.41) is 7.74. The zero-order valence-electron chi connectivity index (χ0n) is 27.4. The van der Waals surface area contributed by atoms with Crippen LogP contribution in [0, 0.1) is 0 Å². The van der Waals surface area contributed by atoms with Crippen LogP contribution in [0.2, 0.25) is 0 Å². The summed E-state index contributed by atoms with van der Waals surface area (Å²) < 4.78 is 2.68. The third kappa shape index (κ3) is 4.38. The highest BCUT2D eigenvalue weighted by Gasteiger charge is 2.35. The van der Waals surface area contributed by atoms with Gasteiger partial charge < -0.3 is 4.90 Å². The Hall–Kier alpha value is -5.70. The van der Waals surface area contributed by atoms with Crippen molar-refractivity contribution in [3.8, 4) is 22.3 Å². The molecule has 8 aromatic carbocycles. The average Bonchev–Trinajstić information content (AvgIpc) is 3.64. The van der Waals surface area contributed by atoms with Crippen molar-refractivity contribution in [1.29, 1.82) is 0 Å². The second-order valence-corrected chi connectivity index (χ2v) is 14.8. The van der Waals surface area contributed by atoms with Gasteiger partial charge in [-0.3, -0.25) is 0 Å². The number of rotatable bonds is 4. The van der Waals surface area contributed by atoms with Gasteiger partial charge in [-0.25, -0.2) is 0 Å². The van der Waals surface area contributed by atoms with Gasteiger partial charge >= 0.3 is 0 Å². The molecular weight excluding hydrogens is 611 g/mol. The molecule has 2 heteroatoms. The van der Waals surface area contributed by atoms with Crippen LogP contribution in [0.3, 0.4) is 0 Å². The molecule has 49 heavy (non-hydrogen) atoms. The standard InChI is InChI=1S/C47H33NS/c1-47(2)43-13-7-5-11-38(43)39-26-24-37(29-44(39)47)48(35-21-17-31(18-22-35)34-16-15-30-9-3-4-10-33(30)27-34)36-23-19-32-20-25-41-40-12-6-8-14-45(40)49-46(41)42(32)28-36/h3-29H,1-2H3. The Balaban J connectivity index is 1.15. The lowest BCUT2D eigenvalue weighted by Crippen LogP contribution is -2.16. The molecule has 10 rings (SSSR count). The van der Waals surface area contributed by atoms with Crippen molar-refractivity contribution in [3.05, 3.63) is 175 Å². The zero-order chi connectivity index (χ0) is 32.7. The Bertz CT molecular complexity index is 2750. The zero-order valence-corrected chi connectivity index (χ0v) is 28.3. The van der Waals surface area contributed by atoms with Gasteiger partial charge in [0.05, 0.1) is 0 Å². The minimum atomic E-state index is -0.0832. The summed E-state index contributed by atoms with van der Waals surface area (Å²) in [6, 6.07) is 60.7. The number of hydrogen-bond donors (Lipinski definition) is 0. The third-order valence-electron chi connectivity index (χ3n) is 10.6. The molecule has 1 heterocycles. The van der Waals surface area contributed by atoms with Gasteiger partial charge in [-0.2, -0.15) is 0 Å². The quantitative estimate of drug-likeness (QED) is 0.184. The lowest BCUT2D eigenvalue weighted by atomic mass is 9.82. The van der Waals surface area contributed by atoms with Crippen molar-refractivity contribution in [1.82, 2.24) is 0 Å². The van der Waals surface area contributed by atoms with Crippen LogP contribution in [-0.4, -0.2) is 0 Å². The van der Waals surface area contributed by atoms with E-state index in [4.69, 9.17) is 0 Å². The van der Waals surface area contributed by atoms with Gasteiger partial charge in [-0.05, 0) is 98.1 Å². The fraction of sp³-hybridized carbons (Fsp3) is 0.0638. The van der Waals surface area contributed by atoms with Crippen LogP contribution in [0.25, 0.3) is 64.0 Å². The predicted molar refractivity (Wildman–Crippen MR) is 212 cm³/mol. The lowest BCUT2D eigenvalue weighted by Gasteiger charge is -2.28. The fourth-order valence-electron chi connectivity index (χ4n) is 8.08. The summed E-state index contributed by atoms with van der Waals surface area (Å²) in [5.41, 5.74) is 11.3. The van der Waals surface area contributed by atoms with Gasteiger partial charge in [0.25, 0.3) is 0 Å². The first-order chi connectivity index (χ1) is 24.0. The Morgan fingerprint density at radius 2 is 1.08 bits per heavy atom. The molecule has 0 bridgehead atoms. The minimum absolute atomic E-state index is 0.0832. The van der Waals surface area contributed by atoms with Crippen LogP contribution in [0.1, 0.15) is 25.0 Å². The Labute approximate surface area is 290 Å². The first-order valence-corrected chi connectivity index (χ1v) is 17.8. The molecule has 1 aliphatic rings. The largest absolute Gasteiger partial charge is 0.310 e. The first kappa shape index (κ1) is 28.3. The maximum atomic E-state index is 2.44. The SMILES string of the molecule is CC1(C)c2ccccc2-c2ccc(N(c3ccc(-c4ccc5ccccc5c4)cc3)c3ccc4ccc5c6ccccc6sc5c4c3)cc21. The molecule has 0 aliphatic heterocycles. The van der Waals surface area contributed by atoms with E-state index in [0.717, 1.165) is 11.4 Å². The predicted octanol–water partition coefficient (Wildman–Crippen LogP) is 13.8. The molecule has 0 atom stereocenters. The average molecular weight is 644 g/mol. The van der Waals surface area contributed by atoms with Crippen molar-refractivity contribution in [2.24, 2.45) is 0 Å². The summed E-state index contributed by atoms with van der Waals surface area (Å²) in [4.78, 5) is 2.44. The van der Waals surface area contributed by atoms with E-state index in [1.165, 1.54) is 80.8 Å². The van der Waals surface area contributed by atoms with Gasteiger partial charge in [0.1, 0.15) is 0 Å². The second-order valence-electron chi connectivity index (χ2n) is 13.8. The highest BCUT2D eigenvalue weighted by molar-refractivity contribution is 7.26. The molecule has 0 amide bonds. The molecule has 0 fully saturated rings. The van der Waals surface area contributed by atoms with Gasteiger partial charge in [-0.15, -0.1) is 11.3 Å². The molecule has 9 aromatic rings. The van der Waals surface area contributed by atoms with Crippen LogP contribution < -0.4 is 4.90 Å². The van der Waals surface area contributed by atoms with Crippen LogP contribution >= 0.6 is 11.3 Å². The van der Waals surface area contributed by atoms with E-state index in [1.807, 2.05) is 11.3 Å². The molecule has 0 saturated carbocycles. The van der Waals surface area contributed by atoms with Crippen LogP contribution in [-0.2, 0) is 5.41 Å². The Morgan fingerprint density at radius 3 is 1.98 bits per heavy atom. The molecule has 0 N–H and O–H groups in total. The normalized spacial score (nSPS) is 13.3. The number of benzene rings is 8. The highest BCUT2D eigenvalue weighted by atomic mass is 32.1. The van der Waals surface area contributed by atoms with Crippen molar-refractivity contribution in [2.75, 3.05) is 4.90 Å². The monoisotopic (exact) mass is 643 g/mol. The van der Waals surface area contributed by atoms with E-state index < -0.39 is 0 Å². The van der Waals surface area contributed by atoms with E-state index in [1.54, 1.807) is 0 Å². The van der Waals surface area contributed by atoms with E-state index in [9.17, 15) is 0 Å². The Kier molecular flexibility index (Phi) is 6.16. The third-order valence-corrected chi connectivity index (χ3v) is 11.9. The van der Waals surface area contributed by atoms with Gasteiger partial charge in [-0.1, -0.05) is 129 Å². The molecule has 1 aliphatic carbocycles. The molecule has 0 saturated heterocycles. The van der Waals surface area contributed by atoms with Crippen LogP contribution in [0.5, 0.6) is 0 Å². The molecule has 0 spiro atoms. The topological polar surface area (TPSA) is 3.24 Å². The second kappa shape index (κ2) is 10.7. The van der Waals surface area contributed by atoms with Gasteiger partial charge in [0.15, 0.2) is 0 Å². The van der Waals surface area contributed by atoms with Crippen LogP contribution in [0.15, 0.2) is 164 Å². The molecule has 0 radical (unpaired) electrons. The molecule has 0 unspecified atom stereocenters. The minimum Gasteiger partial charge on any atom is -0.310 e. The number of nitrogens with zero attached hydrogens (tertiary/aromatic N) is 1. The molecular formula is C47H33NS. The highest BCUT2D eigenvalue weighted by Crippen LogP contribution is 2.51.